The Morgan fingerprint density at radius 2 is 2.05 bits per heavy atom. The lowest BCUT2D eigenvalue weighted by Crippen LogP contribution is -2.27. The Kier molecular flexibility index (Phi) is 4.70. The van der Waals surface area contributed by atoms with Crippen molar-refractivity contribution in [1.29, 1.82) is 5.26 Å². The molecule has 0 unspecified atom stereocenters. The number of anilines is 1. The van der Waals surface area contributed by atoms with E-state index in [1.54, 1.807) is 0 Å². The van der Waals surface area contributed by atoms with Gasteiger partial charge in [-0.15, -0.1) is 0 Å². The summed E-state index contributed by atoms with van der Waals surface area (Å²) in [7, 11) is 0. The number of nitrogens with one attached hydrogen (secondary N) is 2. The number of aliphatic hydroxyl groups is 1. The van der Waals surface area contributed by atoms with E-state index in [2.05, 4.69) is 16.4 Å². The number of pyridine rings is 1. The third-order valence-corrected chi connectivity index (χ3v) is 3.23. The van der Waals surface area contributed by atoms with Gasteiger partial charge in [-0.25, -0.2) is 4.98 Å². The van der Waals surface area contributed by atoms with Crippen molar-refractivity contribution in [1.82, 2.24) is 0 Å². The molecule has 4 nitrogen and oxygen atoms in total. The topological polar surface area (TPSA) is 70.2 Å². The van der Waals surface area contributed by atoms with Crippen molar-refractivity contribution >= 4 is 5.82 Å². The van der Waals surface area contributed by atoms with E-state index in [0.29, 0.717) is 11.4 Å². The first-order chi connectivity index (χ1) is 9.78. The van der Waals surface area contributed by atoms with Crippen molar-refractivity contribution in [3.63, 3.8) is 0 Å². The van der Waals surface area contributed by atoms with Crippen LogP contribution in [0.5, 0.6) is 0 Å². The van der Waals surface area contributed by atoms with Crippen LogP contribution in [0.2, 0.25) is 0 Å². The number of hydrogen-bond acceptors (Lipinski definition) is 3. The highest BCUT2D eigenvalue weighted by molar-refractivity contribution is 5.65. The minimum atomic E-state index is -0.0547. The van der Waals surface area contributed by atoms with Gasteiger partial charge in [0.1, 0.15) is 17.7 Å². The number of aromatic nitrogens is 1. The second-order valence-corrected chi connectivity index (χ2v) is 4.59. The van der Waals surface area contributed by atoms with Crippen molar-refractivity contribution in [2.75, 3.05) is 11.9 Å². The lowest BCUT2D eigenvalue weighted by Gasteiger charge is -2.10. The molecule has 2 aromatic rings. The summed E-state index contributed by atoms with van der Waals surface area (Å²) in [4.78, 5) is 3.11. The Bertz CT molecular complexity index is 601. The highest BCUT2D eigenvalue weighted by Crippen LogP contribution is 2.21. The third-order valence-electron chi connectivity index (χ3n) is 3.23. The van der Waals surface area contributed by atoms with Gasteiger partial charge in [-0.05, 0) is 18.1 Å². The number of H-pyrrole nitrogens is 1. The summed E-state index contributed by atoms with van der Waals surface area (Å²) >= 11 is 0. The molecule has 0 aliphatic heterocycles. The molecular weight excluding hydrogens is 250 g/mol. The fourth-order valence-electron chi connectivity index (χ4n) is 1.98. The number of nitrogens with zero attached hydrogens (tertiary/aromatic N) is 1. The quantitative estimate of drug-likeness (QED) is 0.873. The van der Waals surface area contributed by atoms with Crippen LogP contribution in [0.4, 0.5) is 5.82 Å². The number of aromatic amines is 1. The van der Waals surface area contributed by atoms with Crippen molar-refractivity contribution in [2.45, 2.75) is 19.4 Å². The Balaban J connectivity index is 2.32. The lowest BCUT2D eigenvalue weighted by molar-refractivity contribution is -0.360. The fourth-order valence-corrected chi connectivity index (χ4v) is 1.98. The summed E-state index contributed by atoms with van der Waals surface area (Å²) in [6.07, 6.45) is 2.65. The van der Waals surface area contributed by atoms with Crippen LogP contribution in [0.3, 0.4) is 0 Å². The van der Waals surface area contributed by atoms with Crippen molar-refractivity contribution in [3.8, 4) is 17.2 Å². The van der Waals surface area contributed by atoms with E-state index >= 15 is 0 Å². The predicted molar refractivity (Wildman–Crippen MR) is 77.9 cm³/mol. The van der Waals surface area contributed by atoms with Crippen LogP contribution in [0, 0.1) is 11.3 Å². The van der Waals surface area contributed by atoms with Gasteiger partial charge in [0.15, 0.2) is 0 Å². The van der Waals surface area contributed by atoms with E-state index in [9.17, 15) is 10.4 Å². The standard InChI is InChI=1S/C16H17N3O/c1-2-15(11-20)19-16-13(9-17)8-14(10-18-16)12-6-4-3-5-7-12/h3-8,10,15,20H,2,11H2,1H3,(H,18,19)/p+1/t15-/m0/s1. The van der Waals surface area contributed by atoms with Gasteiger partial charge in [0.2, 0.25) is 0 Å². The van der Waals surface area contributed by atoms with Crippen molar-refractivity contribution in [3.05, 3.63) is 48.2 Å². The summed E-state index contributed by atoms with van der Waals surface area (Å²) in [6.45, 7) is 2.02. The summed E-state index contributed by atoms with van der Waals surface area (Å²) in [6, 6.07) is 13.9. The first-order valence-corrected chi connectivity index (χ1v) is 6.67. The van der Waals surface area contributed by atoms with Gasteiger partial charge < -0.3 is 5.11 Å². The van der Waals surface area contributed by atoms with Gasteiger partial charge in [0, 0.05) is 5.56 Å². The van der Waals surface area contributed by atoms with Gasteiger partial charge in [-0.1, -0.05) is 37.3 Å². The zero-order valence-corrected chi connectivity index (χ0v) is 11.4. The Morgan fingerprint density at radius 3 is 2.65 bits per heavy atom. The predicted octanol–water partition coefficient (Wildman–Crippen LogP) is 2.22. The van der Waals surface area contributed by atoms with Gasteiger partial charge in [-0.3, -0.25) is 5.32 Å². The SMILES string of the molecule is CC[C@@H](CO)Nc1[nH+]cc(-c2ccccc2)cc1C#N. The van der Waals surface area contributed by atoms with Crippen LogP contribution in [0.1, 0.15) is 18.9 Å². The molecule has 4 heteroatoms. The van der Waals surface area contributed by atoms with E-state index in [1.807, 2.05) is 49.5 Å². The Hall–Kier alpha value is -2.38. The maximum Gasteiger partial charge on any atom is 0.290 e. The molecule has 0 saturated heterocycles. The van der Waals surface area contributed by atoms with Crippen LogP contribution in [-0.4, -0.2) is 17.8 Å². The first kappa shape index (κ1) is 14.0. The molecule has 1 heterocycles. The molecule has 20 heavy (non-hydrogen) atoms. The summed E-state index contributed by atoms with van der Waals surface area (Å²) in [5.41, 5.74) is 2.56. The highest BCUT2D eigenvalue weighted by atomic mass is 16.3. The maximum atomic E-state index is 9.28. The molecule has 1 aromatic heterocycles. The molecule has 0 aliphatic carbocycles. The van der Waals surface area contributed by atoms with Crippen LogP contribution in [-0.2, 0) is 0 Å². The summed E-state index contributed by atoms with van der Waals surface area (Å²) in [5, 5.41) is 21.6. The molecule has 1 aromatic carbocycles. The van der Waals surface area contributed by atoms with E-state index < -0.39 is 0 Å². The minimum absolute atomic E-state index is 0.0373. The maximum absolute atomic E-state index is 9.28. The molecule has 102 valence electrons. The normalized spacial score (nSPS) is 11.7. The molecule has 0 radical (unpaired) electrons. The second-order valence-electron chi connectivity index (χ2n) is 4.59. The molecule has 0 saturated carbocycles. The molecule has 1 atom stereocenters. The van der Waals surface area contributed by atoms with Crippen molar-refractivity contribution < 1.29 is 10.1 Å². The largest absolute Gasteiger partial charge is 0.392 e. The van der Waals surface area contributed by atoms with Crippen molar-refractivity contribution in [2.24, 2.45) is 0 Å². The van der Waals surface area contributed by atoms with Gasteiger partial charge in [-0.2, -0.15) is 5.26 Å². The zero-order valence-electron chi connectivity index (χ0n) is 11.4. The smallest absolute Gasteiger partial charge is 0.290 e. The number of benzene rings is 1. The van der Waals surface area contributed by atoms with Gasteiger partial charge in [0.05, 0.1) is 12.8 Å². The molecule has 0 bridgehead atoms. The van der Waals surface area contributed by atoms with E-state index in [1.165, 1.54) is 0 Å². The molecular formula is C16H18N3O+. The Morgan fingerprint density at radius 1 is 1.30 bits per heavy atom. The van der Waals surface area contributed by atoms with Crippen LogP contribution in [0.15, 0.2) is 42.6 Å². The molecule has 0 spiro atoms. The van der Waals surface area contributed by atoms with Gasteiger partial charge in [0.25, 0.3) is 5.82 Å². The highest BCUT2D eigenvalue weighted by Gasteiger charge is 2.16. The average molecular weight is 268 g/mol. The average Bonchev–Trinajstić information content (AvgIpc) is 2.53. The van der Waals surface area contributed by atoms with E-state index in [0.717, 1.165) is 17.5 Å². The van der Waals surface area contributed by atoms with Crippen LogP contribution < -0.4 is 10.3 Å². The van der Waals surface area contributed by atoms with Crippen LogP contribution >= 0.6 is 0 Å². The van der Waals surface area contributed by atoms with Crippen LogP contribution in [0.25, 0.3) is 11.1 Å². The summed E-state index contributed by atoms with van der Waals surface area (Å²) in [5.74, 6) is 0.646. The lowest BCUT2D eigenvalue weighted by atomic mass is 10.1. The molecule has 0 aliphatic rings. The van der Waals surface area contributed by atoms with E-state index in [-0.39, 0.29) is 12.6 Å². The number of aliphatic hydroxyl groups excluding tert-OH is 1. The minimum Gasteiger partial charge on any atom is -0.392 e. The van der Waals surface area contributed by atoms with Gasteiger partial charge >= 0.3 is 0 Å². The molecule has 0 amide bonds. The first-order valence-electron chi connectivity index (χ1n) is 6.67. The molecule has 3 N–H and O–H groups in total. The second kappa shape index (κ2) is 6.69. The fraction of sp³-hybridized carbons (Fsp3) is 0.250. The number of nitriles is 1. The monoisotopic (exact) mass is 268 g/mol. The Labute approximate surface area is 118 Å². The zero-order chi connectivity index (χ0) is 14.4. The third kappa shape index (κ3) is 3.14. The molecule has 2 rings (SSSR count). The molecule has 0 fully saturated rings. The number of rotatable bonds is 5. The van der Waals surface area contributed by atoms with E-state index in [4.69, 9.17) is 0 Å². The number of hydrogen-bond donors (Lipinski definition) is 2. The summed E-state index contributed by atoms with van der Waals surface area (Å²) < 4.78 is 0.